The van der Waals surface area contributed by atoms with E-state index in [0.717, 1.165) is 10.2 Å². The highest BCUT2D eigenvalue weighted by Crippen LogP contribution is 2.12. The van der Waals surface area contributed by atoms with E-state index in [1.165, 1.54) is 0 Å². The predicted molar refractivity (Wildman–Crippen MR) is 98.7 cm³/mol. The van der Waals surface area contributed by atoms with E-state index in [9.17, 15) is 9.59 Å². The molecule has 0 aliphatic heterocycles. The number of nitrogens with zero attached hydrogens (tertiary/aromatic N) is 2. The Morgan fingerprint density at radius 3 is 2.40 bits per heavy atom. The van der Waals surface area contributed by atoms with Gasteiger partial charge in [-0.15, -0.1) is 0 Å². The van der Waals surface area contributed by atoms with Crippen molar-refractivity contribution < 1.29 is 9.59 Å². The van der Waals surface area contributed by atoms with Gasteiger partial charge in [-0.1, -0.05) is 15.9 Å². The van der Waals surface area contributed by atoms with Crippen molar-refractivity contribution in [3.8, 4) is 5.69 Å². The summed E-state index contributed by atoms with van der Waals surface area (Å²) in [5.74, 6) is -0.589. The normalized spacial score (nSPS) is 10.3. The van der Waals surface area contributed by atoms with E-state index in [2.05, 4.69) is 31.7 Å². The fraction of sp³-hybridized carbons (Fsp3) is 0.0556. The minimum Gasteiger partial charge on any atom is -0.343 e. The van der Waals surface area contributed by atoms with Gasteiger partial charge in [0.2, 0.25) is 5.91 Å². The lowest BCUT2D eigenvalue weighted by Gasteiger charge is -2.08. The van der Waals surface area contributed by atoms with Gasteiger partial charge in [0.05, 0.1) is 12.2 Å². The SMILES string of the molecule is O=C(CNC(=O)c1ccc(Br)cc1)Nc1ccc(-n2cccn2)cc1. The van der Waals surface area contributed by atoms with E-state index < -0.39 is 0 Å². The van der Waals surface area contributed by atoms with Gasteiger partial charge >= 0.3 is 0 Å². The van der Waals surface area contributed by atoms with Gasteiger partial charge in [-0.3, -0.25) is 9.59 Å². The molecule has 25 heavy (non-hydrogen) atoms. The van der Waals surface area contributed by atoms with E-state index in [-0.39, 0.29) is 18.4 Å². The van der Waals surface area contributed by atoms with Gasteiger partial charge < -0.3 is 10.6 Å². The summed E-state index contributed by atoms with van der Waals surface area (Å²) in [7, 11) is 0. The monoisotopic (exact) mass is 398 g/mol. The van der Waals surface area contributed by atoms with Crippen LogP contribution in [0.3, 0.4) is 0 Å². The fourth-order valence-electron chi connectivity index (χ4n) is 2.19. The molecule has 6 nitrogen and oxygen atoms in total. The number of halogens is 1. The molecule has 0 unspecified atom stereocenters. The van der Waals surface area contributed by atoms with Crippen LogP contribution in [0.1, 0.15) is 10.4 Å². The minimum atomic E-state index is -0.295. The molecular weight excluding hydrogens is 384 g/mol. The highest BCUT2D eigenvalue weighted by molar-refractivity contribution is 9.10. The third-order valence-corrected chi connectivity index (χ3v) is 3.96. The van der Waals surface area contributed by atoms with E-state index in [1.807, 2.05) is 24.4 Å². The number of carbonyl (C=O) groups is 2. The molecule has 7 heteroatoms. The summed E-state index contributed by atoms with van der Waals surface area (Å²) in [4.78, 5) is 23.9. The van der Waals surface area contributed by atoms with E-state index in [1.54, 1.807) is 47.3 Å². The Balaban J connectivity index is 1.52. The predicted octanol–water partition coefficient (Wildman–Crippen LogP) is 3.00. The molecule has 1 heterocycles. The number of hydrogen-bond donors (Lipinski definition) is 2. The number of hydrogen-bond acceptors (Lipinski definition) is 3. The number of aromatic nitrogens is 2. The summed E-state index contributed by atoms with van der Waals surface area (Å²) in [6.45, 7) is -0.101. The Hall–Kier alpha value is -2.93. The van der Waals surface area contributed by atoms with Crippen molar-refractivity contribution in [2.75, 3.05) is 11.9 Å². The molecule has 0 bridgehead atoms. The van der Waals surface area contributed by atoms with Crippen LogP contribution in [0.15, 0.2) is 71.5 Å². The lowest BCUT2D eigenvalue weighted by atomic mass is 10.2. The summed E-state index contributed by atoms with van der Waals surface area (Å²) < 4.78 is 2.62. The number of carbonyl (C=O) groups excluding carboxylic acids is 2. The van der Waals surface area contributed by atoms with Crippen molar-refractivity contribution >= 4 is 33.4 Å². The lowest BCUT2D eigenvalue weighted by Crippen LogP contribution is -2.32. The van der Waals surface area contributed by atoms with Crippen LogP contribution in [0.25, 0.3) is 5.69 Å². The van der Waals surface area contributed by atoms with E-state index in [0.29, 0.717) is 11.3 Å². The van der Waals surface area contributed by atoms with Crippen LogP contribution in [0, 0.1) is 0 Å². The van der Waals surface area contributed by atoms with Crippen LogP contribution < -0.4 is 10.6 Å². The molecule has 2 amide bonds. The maximum absolute atomic E-state index is 12.0. The number of amides is 2. The standard InChI is InChI=1S/C18H15BrN4O2/c19-14-4-2-13(3-5-14)18(25)20-12-17(24)22-15-6-8-16(9-7-15)23-11-1-10-21-23/h1-11H,12H2,(H,20,25)(H,22,24). The van der Waals surface area contributed by atoms with Gasteiger partial charge in [-0.05, 0) is 54.6 Å². The Labute approximate surface area is 153 Å². The first-order valence-corrected chi connectivity index (χ1v) is 8.35. The summed E-state index contributed by atoms with van der Waals surface area (Å²) in [5.41, 5.74) is 2.05. The number of rotatable bonds is 5. The minimum absolute atomic E-state index is 0.101. The summed E-state index contributed by atoms with van der Waals surface area (Å²) in [5, 5.41) is 9.47. The maximum atomic E-state index is 12.0. The van der Waals surface area contributed by atoms with Gasteiger partial charge in [0.25, 0.3) is 5.91 Å². The molecule has 3 rings (SSSR count). The van der Waals surface area contributed by atoms with Crippen molar-refractivity contribution in [1.82, 2.24) is 15.1 Å². The second kappa shape index (κ2) is 7.76. The first-order valence-electron chi connectivity index (χ1n) is 7.55. The summed E-state index contributed by atoms with van der Waals surface area (Å²) in [6, 6.07) is 16.0. The Morgan fingerprint density at radius 2 is 1.76 bits per heavy atom. The maximum Gasteiger partial charge on any atom is 0.251 e. The third kappa shape index (κ3) is 4.54. The molecule has 1 aromatic heterocycles. The van der Waals surface area contributed by atoms with Crippen LogP contribution in [-0.2, 0) is 4.79 Å². The largest absolute Gasteiger partial charge is 0.343 e. The molecule has 0 aliphatic rings. The van der Waals surface area contributed by atoms with Gasteiger partial charge in [-0.25, -0.2) is 4.68 Å². The molecule has 0 aliphatic carbocycles. The molecule has 0 fully saturated rings. The molecule has 2 aromatic carbocycles. The molecule has 0 radical (unpaired) electrons. The van der Waals surface area contributed by atoms with Crippen molar-refractivity contribution in [2.24, 2.45) is 0 Å². The molecule has 0 atom stereocenters. The third-order valence-electron chi connectivity index (χ3n) is 3.44. The molecule has 0 spiro atoms. The van der Waals surface area contributed by atoms with Crippen molar-refractivity contribution in [1.29, 1.82) is 0 Å². The molecular formula is C18H15BrN4O2. The zero-order valence-electron chi connectivity index (χ0n) is 13.1. The van der Waals surface area contributed by atoms with Crippen molar-refractivity contribution in [3.63, 3.8) is 0 Å². The van der Waals surface area contributed by atoms with Crippen molar-refractivity contribution in [3.05, 3.63) is 77.0 Å². The molecule has 0 saturated heterocycles. The second-order valence-corrected chi connectivity index (χ2v) is 6.15. The second-order valence-electron chi connectivity index (χ2n) is 5.24. The Morgan fingerprint density at radius 1 is 1.04 bits per heavy atom. The average molecular weight is 399 g/mol. The molecule has 0 saturated carbocycles. The summed E-state index contributed by atoms with van der Waals surface area (Å²) >= 11 is 3.31. The topological polar surface area (TPSA) is 76.0 Å². The van der Waals surface area contributed by atoms with Crippen LogP contribution >= 0.6 is 15.9 Å². The average Bonchev–Trinajstić information content (AvgIpc) is 3.15. The Kier molecular flexibility index (Phi) is 5.25. The van der Waals surface area contributed by atoms with E-state index >= 15 is 0 Å². The van der Waals surface area contributed by atoms with Gasteiger partial charge in [0.1, 0.15) is 0 Å². The zero-order valence-corrected chi connectivity index (χ0v) is 14.7. The quantitative estimate of drug-likeness (QED) is 0.693. The summed E-state index contributed by atoms with van der Waals surface area (Å²) in [6.07, 6.45) is 3.54. The van der Waals surface area contributed by atoms with Crippen LogP contribution in [0.2, 0.25) is 0 Å². The van der Waals surface area contributed by atoms with E-state index in [4.69, 9.17) is 0 Å². The van der Waals surface area contributed by atoms with Crippen LogP contribution in [0.4, 0.5) is 5.69 Å². The van der Waals surface area contributed by atoms with Gasteiger partial charge in [0.15, 0.2) is 0 Å². The first kappa shape index (κ1) is 16.9. The highest BCUT2D eigenvalue weighted by atomic mass is 79.9. The first-order chi connectivity index (χ1) is 12.1. The Bertz CT molecular complexity index is 859. The van der Waals surface area contributed by atoms with Gasteiger partial charge in [-0.2, -0.15) is 5.10 Å². The van der Waals surface area contributed by atoms with Gasteiger partial charge in [0, 0.05) is 28.1 Å². The zero-order chi connectivity index (χ0) is 17.6. The van der Waals surface area contributed by atoms with Crippen LogP contribution in [-0.4, -0.2) is 28.1 Å². The molecule has 2 N–H and O–H groups in total. The van der Waals surface area contributed by atoms with Crippen molar-refractivity contribution in [2.45, 2.75) is 0 Å². The smallest absolute Gasteiger partial charge is 0.251 e. The number of nitrogens with one attached hydrogen (secondary N) is 2. The molecule has 126 valence electrons. The number of anilines is 1. The lowest BCUT2D eigenvalue weighted by molar-refractivity contribution is -0.115. The number of benzene rings is 2. The highest BCUT2D eigenvalue weighted by Gasteiger charge is 2.08. The molecule has 3 aromatic rings. The van der Waals surface area contributed by atoms with Crippen LogP contribution in [0.5, 0.6) is 0 Å². The fourth-order valence-corrected chi connectivity index (χ4v) is 2.45.